The second-order valence-corrected chi connectivity index (χ2v) is 4.00. The van der Waals surface area contributed by atoms with Crippen LogP contribution in [-0.4, -0.2) is 9.55 Å². The van der Waals surface area contributed by atoms with Crippen LogP contribution < -0.4 is 4.74 Å². The van der Waals surface area contributed by atoms with E-state index in [-0.39, 0.29) is 0 Å². The van der Waals surface area contributed by atoms with Gasteiger partial charge in [-0.1, -0.05) is 18.2 Å². The van der Waals surface area contributed by atoms with E-state index in [1.807, 2.05) is 48.9 Å². The van der Waals surface area contributed by atoms with E-state index in [1.165, 1.54) is 0 Å². The number of para-hydroxylation sites is 1. The van der Waals surface area contributed by atoms with Crippen molar-refractivity contribution in [2.24, 2.45) is 7.05 Å². The molecule has 1 aromatic carbocycles. The highest BCUT2D eigenvalue weighted by molar-refractivity contribution is 9.10. The monoisotopic (exact) mass is 266 g/mol. The SMILES string of the molecule is Cc1c(Br)nc(Oc2ccccc2)n1C. The summed E-state index contributed by atoms with van der Waals surface area (Å²) < 4.78 is 8.35. The molecule has 3 nitrogen and oxygen atoms in total. The fourth-order valence-electron chi connectivity index (χ4n) is 1.21. The zero-order chi connectivity index (χ0) is 10.8. The van der Waals surface area contributed by atoms with Gasteiger partial charge in [0.05, 0.1) is 5.69 Å². The number of hydrogen-bond acceptors (Lipinski definition) is 2. The van der Waals surface area contributed by atoms with Gasteiger partial charge in [-0.25, -0.2) is 0 Å². The molecule has 0 bridgehead atoms. The summed E-state index contributed by atoms with van der Waals surface area (Å²) in [7, 11) is 1.92. The summed E-state index contributed by atoms with van der Waals surface area (Å²) in [6, 6.07) is 10.2. The van der Waals surface area contributed by atoms with E-state index in [2.05, 4.69) is 20.9 Å². The van der Waals surface area contributed by atoms with Gasteiger partial charge < -0.3 is 9.30 Å². The normalized spacial score (nSPS) is 10.3. The van der Waals surface area contributed by atoms with Crippen molar-refractivity contribution in [3.05, 3.63) is 40.6 Å². The molecule has 2 aromatic rings. The molecular formula is C11H11BrN2O. The molecule has 0 unspecified atom stereocenters. The molecule has 2 rings (SSSR count). The van der Waals surface area contributed by atoms with Gasteiger partial charge in [0, 0.05) is 7.05 Å². The lowest BCUT2D eigenvalue weighted by Gasteiger charge is -2.04. The summed E-state index contributed by atoms with van der Waals surface area (Å²) in [4.78, 5) is 4.26. The second-order valence-electron chi connectivity index (χ2n) is 3.24. The minimum atomic E-state index is 0.588. The number of ether oxygens (including phenoxy) is 1. The van der Waals surface area contributed by atoms with Crippen LogP contribution in [0.2, 0.25) is 0 Å². The van der Waals surface area contributed by atoms with E-state index in [0.717, 1.165) is 16.0 Å². The number of hydrogen-bond donors (Lipinski definition) is 0. The van der Waals surface area contributed by atoms with Crippen molar-refractivity contribution in [1.82, 2.24) is 9.55 Å². The van der Waals surface area contributed by atoms with Gasteiger partial charge in [0.2, 0.25) is 0 Å². The Kier molecular flexibility index (Phi) is 2.77. The molecule has 0 aliphatic rings. The largest absolute Gasteiger partial charge is 0.425 e. The first-order valence-electron chi connectivity index (χ1n) is 4.60. The first-order valence-corrected chi connectivity index (χ1v) is 5.39. The minimum Gasteiger partial charge on any atom is -0.425 e. The van der Waals surface area contributed by atoms with Crippen molar-refractivity contribution >= 4 is 15.9 Å². The van der Waals surface area contributed by atoms with E-state index >= 15 is 0 Å². The Labute approximate surface area is 96.8 Å². The average molecular weight is 267 g/mol. The Hall–Kier alpha value is -1.29. The highest BCUT2D eigenvalue weighted by atomic mass is 79.9. The molecule has 0 N–H and O–H groups in total. The highest BCUT2D eigenvalue weighted by Gasteiger charge is 2.10. The van der Waals surface area contributed by atoms with Crippen LogP contribution in [0.4, 0.5) is 0 Å². The van der Waals surface area contributed by atoms with E-state index in [4.69, 9.17) is 4.74 Å². The highest BCUT2D eigenvalue weighted by Crippen LogP contribution is 2.24. The van der Waals surface area contributed by atoms with Crippen molar-refractivity contribution < 1.29 is 4.74 Å². The Bertz CT molecular complexity index is 465. The van der Waals surface area contributed by atoms with Crippen LogP contribution in [0, 0.1) is 6.92 Å². The van der Waals surface area contributed by atoms with Gasteiger partial charge in [-0.05, 0) is 35.0 Å². The standard InChI is InChI=1S/C11H11BrN2O/c1-8-10(12)13-11(14(8)2)15-9-6-4-3-5-7-9/h3-7H,1-2H3. The van der Waals surface area contributed by atoms with Crippen LogP contribution in [0.25, 0.3) is 0 Å². The number of halogens is 1. The molecule has 0 fully saturated rings. The molecule has 0 saturated carbocycles. The van der Waals surface area contributed by atoms with Crippen molar-refractivity contribution in [1.29, 1.82) is 0 Å². The first kappa shape index (κ1) is 10.2. The molecule has 0 atom stereocenters. The molecule has 4 heteroatoms. The van der Waals surface area contributed by atoms with E-state index in [1.54, 1.807) is 0 Å². The topological polar surface area (TPSA) is 27.1 Å². The summed E-state index contributed by atoms with van der Waals surface area (Å²) in [6.07, 6.45) is 0. The van der Waals surface area contributed by atoms with Crippen LogP contribution in [-0.2, 0) is 7.05 Å². The molecule has 15 heavy (non-hydrogen) atoms. The second kappa shape index (κ2) is 4.06. The lowest BCUT2D eigenvalue weighted by molar-refractivity contribution is 0.423. The van der Waals surface area contributed by atoms with Crippen molar-refractivity contribution in [2.45, 2.75) is 6.92 Å². The van der Waals surface area contributed by atoms with Gasteiger partial charge in [0.15, 0.2) is 0 Å². The smallest absolute Gasteiger partial charge is 0.302 e. The number of aromatic nitrogens is 2. The molecule has 0 amide bonds. The Morgan fingerprint density at radius 2 is 1.93 bits per heavy atom. The third-order valence-electron chi connectivity index (χ3n) is 2.23. The third-order valence-corrected chi connectivity index (χ3v) is 2.99. The van der Waals surface area contributed by atoms with Crippen molar-refractivity contribution in [3.8, 4) is 11.8 Å². The summed E-state index contributed by atoms with van der Waals surface area (Å²) in [5, 5.41) is 0. The zero-order valence-electron chi connectivity index (χ0n) is 8.57. The molecule has 1 aromatic heterocycles. The molecule has 0 aliphatic carbocycles. The summed E-state index contributed by atoms with van der Waals surface area (Å²) in [5.41, 5.74) is 1.04. The summed E-state index contributed by atoms with van der Waals surface area (Å²) in [5.74, 6) is 0.790. The van der Waals surface area contributed by atoms with E-state index < -0.39 is 0 Å². The fourth-order valence-corrected chi connectivity index (χ4v) is 1.62. The molecular weight excluding hydrogens is 256 g/mol. The van der Waals surface area contributed by atoms with E-state index in [0.29, 0.717) is 6.01 Å². The first-order chi connectivity index (χ1) is 7.18. The predicted octanol–water partition coefficient (Wildman–Crippen LogP) is 3.28. The number of imidazole rings is 1. The van der Waals surface area contributed by atoms with Crippen LogP contribution in [0.3, 0.4) is 0 Å². The van der Waals surface area contributed by atoms with Crippen LogP contribution >= 0.6 is 15.9 Å². The average Bonchev–Trinajstić information content (AvgIpc) is 2.48. The Balaban J connectivity index is 2.29. The van der Waals surface area contributed by atoms with Crippen LogP contribution in [0.5, 0.6) is 11.8 Å². The maximum absolute atomic E-state index is 5.63. The van der Waals surface area contributed by atoms with Crippen LogP contribution in [0.15, 0.2) is 34.9 Å². The Morgan fingerprint density at radius 3 is 2.47 bits per heavy atom. The van der Waals surface area contributed by atoms with Gasteiger partial charge in [-0.3, -0.25) is 0 Å². The molecule has 0 aliphatic heterocycles. The Morgan fingerprint density at radius 1 is 1.27 bits per heavy atom. The molecule has 78 valence electrons. The maximum atomic E-state index is 5.63. The maximum Gasteiger partial charge on any atom is 0.302 e. The molecule has 1 heterocycles. The van der Waals surface area contributed by atoms with Crippen LogP contribution in [0.1, 0.15) is 5.69 Å². The summed E-state index contributed by atoms with van der Waals surface area (Å²) >= 11 is 3.37. The van der Waals surface area contributed by atoms with Gasteiger partial charge in [0.1, 0.15) is 10.4 Å². The lowest BCUT2D eigenvalue weighted by atomic mass is 10.3. The van der Waals surface area contributed by atoms with Crippen molar-refractivity contribution in [3.63, 3.8) is 0 Å². The molecule has 0 saturated heterocycles. The van der Waals surface area contributed by atoms with Gasteiger partial charge >= 0.3 is 6.01 Å². The van der Waals surface area contributed by atoms with Gasteiger partial charge in [-0.15, -0.1) is 0 Å². The number of rotatable bonds is 2. The third kappa shape index (κ3) is 2.04. The lowest BCUT2D eigenvalue weighted by Crippen LogP contribution is -1.95. The molecule has 0 radical (unpaired) electrons. The molecule has 0 spiro atoms. The predicted molar refractivity (Wildman–Crippen MR) is 62.2 cm³/mol. The van der Waals surface area contributed by atoms with Crippen molar-refractivity contribution in [2.75, 3.05) is 0 Å². The quantitative estimate of drug-likeness (QED) is 0.834. The minimum absolute atomic E-state index is 0.588. The number of nitrogens with zero attached hydrogens (tertiary/aromatic N) is 2. The number of benzene rings is 1. The fraction of sp³-hybridized carbons (Fsp3) is 0.182. The van der Waals surface area contributed by atoms with Gasteiger partial charge in [-0.2, -0.15) is 4.98 Å². The van der Waals surface area contributed by atoms with Gasteiger partial charge in [0.25, 0.3) is 0 Å². The zero-order valence-corrected chi connectivity index (χ0v) is 10.2. The van der Waals surface area contributed by atoms with E-state index in [9.17, 15) is 0 Å². The summed E-state index contributed by atoms with van der Waals surface area (Å²) in [6.45, 7) is 1.98.